The third-order valence-electron chi connectivity index (χ3n) is 4.21. The standard InChI is InChI=1S/C13H21NO3/c1-12(2,9-15)14-10(16)7-13(8-11(14)17)5-3-4-6-13/h15H,3-9H2,1-2H3. The second-order valence-corrected chi connectivity index (χ2v) is 6.15. The Hall–Kier alpha value is -0.900. The van der Waals surface area contributed by atoms with Gasteiger partial charge in [-0.3, -0.25) is 14.5 Å². The van der Waals surface area contributed by atoms with Crippen LogP contribution >= 0.6 is 0 Å². The van der Waals surface area contributed by atoms with Crippen molar-refractivity contribution in [2.45, 2.75) is 57.9 Å². The van der Waals surface area contributed by atoms with Crippen molar-refractivity contribution in [3.8, 4) is 0 Å². The number of piperidine rings is 1. The minimum absolute atomic E-state index is 0.0593. The largest absolute Gasteiger partial charge is 0.394 e. The van der Waals surface area contributed by atoms with Gasteiger partial charge in [-0.1, -0.05) is 12.8 Å². The van der Waals surface area contributed by atoms with Crippen LogP contribution < -0.4 is 0 Å². The monoisotopic (exact) mass is 239 g/mol. The van der Waals surface area contributed by atoms with Gasteiger partial charge in [0, 0.05) is 12.8 Å². The smallest absolute Gasteiger partial charge is 0.230 e. The SMILES string of the molecule is CC(C)(CO)N1C(=O)CC2(CCCC2)CC1=O. The molecule has 2 amide bonds. The number of carbonyl (C=O) groups is 2. The average Bonchev–Trinajstić information content (AvgIpc) is 2.64. The zero-order valence-corrected chi connectivity index (χ0v) is 10.7. The average molecular weight is 239 g/mol. The molecule has 1 spiro atoms. The first-order valence-corrected chi connectivity index (χ1v) is 6.37. The Kier molecular flexibility index (Phi) is 3.02. The molecule has 0 unspecified atom stereocenters. The molecule has 1 heterocycles. The van der Waals surface area contributed by atoms with Crippen molar-refractivity contribution in [2.24, 2.45) is 5.41 Å². The van der Waals surface area contributed by atoms with Gasteiger partial charge in [0.2, 0.25) is 11.8 Å². The van der Waals surface area contributed by atoms with Crippen molar-refractivity contribution in [3.63, 3.8) is 0 Å². The maximum atomic E-state index is 12.2. The predicted molar refractivity (Wildman–Crippen MR) is 63.2 cm³/mol. The van der Waals surface area contributed by atoms with Gasteiger partial charge in [0.15, 0.2) is 0 Å². The molecular formula is C13H21NO3. The Morgan fingerprint density at radius 2 is 1.65 bits per heavy atom. The van der Waals surface area contributed by atoms with Gasteiger partial charge < -0.3 is 5.11 Å². The first-order chi connectivity index (χ1) is 7.90. The van der Waals surface area contributed by atoms with Crippen LogP contribution in [0.4, 0.5) is 0 Å². The van der Waals surface area contributed by atoms with E-state index in [0.717, 1.165) is 25.7 Å². The van der Waals surface area contributed by atoms with Crippen LogP contribution in [0, 0.1) is 5.41 Å². The van der Waals surface area contributed by atoms with Gasteiger partial charge in [-0.25, -0.2) is 0 Å². The number of likely N-dealkylation sites (tertiary alicyclic amines) is 1. The molecule has 2 fully saturated rings. The maximum Gasteiger partial charge on any atom is 0.230 e. The van der Waals surface area contributed by atoms with Crippen molar-refractivity contribution < 1.29 is 14.7 Å². The van der Waals surface area contributed by atoms with Crippen molar-refractivity contribution in [2.75, 3.05) is 6.61 Å². The van der Waals surface area contributed by atoms with Crippen molar-refractivity contribution in [1.82, 2.24) is 4.90 Å². The highest BCUT2D eigenvalue weighted by atomic mass is 16.3. The van der Waals surface area contributed by atoms with Crippen LogP contribution in [0.5, 0.6) is 0 Å². The van der Waals surface area contributed by atoms with Crippen molar-refractivity contribution in [1.29, 1.82) is 0 Å². The third-order valence-corrected chi connectivity index (χ3v) is 4.21. The predicted octanol–water partition coefficient (Wildman–Crippen LogP) is 1.47. The lowest BCUT2D eigenvalue weighted by molar-refractivity contribution is -0.161. The van der Waals surface area contributed by atoms with E-state index < -0.39 is 5.54 Å². The van der Waals surface area contributed by atoms with E-state index in [1.807, 2.05) is 0 Å². The van der Waals surface area contributed by atoms with Crippen LogP contribution in [0.3, 0.4) is 0 Å². The fraction of sp³-hybridized carbons (Fsp3) is 0.846. The number of hydrogen-bond acceptors (Lipinski definition) is 3. The fourth-order valence-corrected chi connectivity index (χ4v) is 3.23. The highest BCUT2D eigenvalue weighted by Crippen LogP contribution is 2.47. The number of aliphatic hydroxyl groups is 1. The number of rotatable bonds is 2. The lowest BCUT2D eigenvalue weighted by Crippen LogP contribution is -2.58. The summed E-state index contributed by atoms with van der Waals surface area (Å²) in [7, 11) is 0. The molecular weight excluding hydrogens is 218 g/mol. The van der Waals surface area contributed by atoms with Gasteiger partial charge in [0.1, 0.15) is 0 Å². The first-order valence-electron chi connectivity index (χ1n) is 6.37. The lowest BCUT2D eigenvalue weighted by Gasteiger charge is -2.43. The molecule has 4 nitrogen and oxygen atoms in total. The zero-order chi connectivity index (χ0) is 12.7. The molecule has 0 bridgehead atoms. The Labute approximate surface area is 102 Å². The van der Waals surface area contributed by atoms with Crippen LogP contribution in [0.1, 0.15) is 52.4 Å². The summed E-state index contributed by atoms with van der Waals surface area (Å²) in [5, 5.41) is 9.29. The molecule has 96 valence electrons. The third kappa shape index (κ3) is 2.10. The molecule has 1 aliphatic carbocycles. The summed E-state index contributed by atoms with van der Waals surface area (Å²) >= 11 is 0. The normalized spacial score (nSPS) is 24.8. The molecule has 0 aromatic rings. The summed E-state index contributed by atoms with van der Waals surface area (Å²) in [6.45, 7) is 3.28. The topological polar surface area (TPSA) is 57.6 Å². The molecule has 0 aromatic heterocycles. The van der Waals surface area contributed by atoms with Gasteiger partial charge in [-0.2, -0.15) is 0 Å². The van der Waals surface area contributed by atoms with E-state index in [-0.39, 0.29) is 23.8 Å². The summed E-state index contributed by atoms with van der Waals surface area (Å²) in [5.41, 5.74) is -0.829. The van der Waals surface area contributed by atoms with Crippen LogP contribution in [0.15, 0.2) is 0 Å². The van der Waals surface area contributed by atoms with E-state index in [4.69, 9.17) is 0 Å². The molecule has 2 rings (SSSR count). The fourth-order valence-electron chi connectivity index (χ4n) is 3.23. The number of aliphatic hydroxyl groups excluding tert-OH is 1. The number of hydrogen-bond donors (Lipinski definition) is 1. The van der Waals surface area contributed by atoms with Gasteiger partial charge >= 0.3 is 0 Å². The summed E-state index contributed by atoms with van der Waals surface area (Å²) in [6, 6.07) is 0. The number of nitrogens with zero attached hydrogens (tertiary/aromatic N) is 1. The molecule has 0 radical (unpaired) electrons. The number of carbonyl (C=O) groups excluding carboxylic acids is 2. The molecule has 0 aromatic carbocycles. The van der Waals surface area contributed by atoms with E-state index in [0.29, 0.717) is 12.8 Å². The summed E-state index contributed by atoms with van der Waals surface area (Å²) < 4.78 is 0. The lowest BCUT2D eigenvalue weighted by atomic mass is 9.75. The summed E-state index contributed by atoms with van der Waals surface area (Å²) in [5.74, 6) is -0.218. The molecule has 1 N–H and O–H groups in total. The number of imide groups is 1. The van der Waals surface area contributed by atoms with Crippen LogP contribution in [-0.4, -0.2) is 34.0 Å². The minimum Gasteiger partial charge on any atom is -0.394 e. The molecule has 2 aliphatic rings. The molecule has 17 heavy (non-hydrogen) atoms. The minimum atomic E-state index is -0.769. The summed E-state index contributed by atoms with van der Waals surface area (Å²) in [6.07, 6.45) is 5.20. The zero-order valence-electron chi connectivity index (χ0n) is 10.7. The molecule has 1 saturated carbocycles. The molecule has 4 heteroatoms. The van der Waals surface area contributed by atoms with E-state index in [1.54, 1.807) is 13.8 Å². The van der Waals surface area contributed by atoms with Crippen LogP contribution in [0.2, 0.25) is 0 Å². The Balaban J connectivity index is 2.20. The molecule has 0 atom stereocenters. The van der Waals surface area contributed by atoms with Crippen molar-refractivity contribution >= 4 is 11.8 Å². The quantitative estimate of drug-likeness (QED) is 0.742. The molecule has 1 saturated heterocycles. The Bertz CT molecular complexity index is 323. The van der Waals surface area contributed by atoms with Gasteiger partial charge in [0.05, 0.1) is 12.1 Å². The van der Waals surface area contributed by atoms with E-state index in [1.165, 1.54) is 4.90 Å². The second-order valence-electron chi connectivity index (χ2n) is 6.15. The van der Waals surface area contributed by atoms with Crippen LogP contribution in [0.25, 0.3) is 0 Å². The number of amides is 2. The van der Waals surface area contributed by atoms with Crippen LogP contribution in [-0.2, 0) is 9.59 Å². The van der Waals surface area contributed by atoms with Crippen molar-refractivity contribution in [3.05, 3.63) is 0 Å². The van der Waals surface area contributed by atoms with E-state index >= 15 is 0 Å². The highest BCUT2D eigenvalue weighted by Gasteiger charge is 2.48. The van der Waals surface area contributed by atoms with E-state index in [2.05, 4.69) is 0 Å². The van der Waals surface area contributed by atoms with Gasteiger partial charge in [-0.05, 0) is 32.1 Å². The first kappa shape index (κ1) is 12.6. The molecule has 1 aliphatic heterocycles. The second kappa shape index (κ2) is 4.09. The Morgan fingerprint density at radius 3 is 2.06 bits per heavy atom. The summed E-state index contributed by atoms with van der Waals surface area (Å²) in [4.78, 5) is 25.6. The van der Waals surface area contributed by atoms with Gasteiger partial charge in [0.25, 0.3) is 0 Å². The highest BCUT2D eigenvalue weighted by molar-refractivity contribution is 5.99. The Morgan fingerprint density at radius 1 is 1.18 bits per heavy atom. The maximum absolute atomic E-state index is 12.2. The van der Waals surface area contributed by atoms with E-state index in [9.17, 15) is 14.7 Å². The van der Waals surface area contributed by atoms with Gasteiger partial charge in [-0.15, -0.1) is 0 Å².